The Bertz CT molecular complexity index is 574. The van der Waals surface area contributed by atoms with Crippen LogP contribution in [0.2, 0.25) is 5.02 Å². The topological polar surface area (TPSA) is 58.6 Å². The number of hydrogen-bond donors (Lipinski definition) is 1. The highest BCUT2D eigenvalue weighted by molar-refractivity contribution is 6.30. The molecule has 0 aliphatic carbocycles. The van der Waals surface area contributed by atoms with Crippen molar-refractivity contribution in [3.8, 4) is 0 Å². The fourth-order valence-corrected chi connectivity index (χ4v) is 2.73. The summed E-state index contributed by atoms with van der Waals surface area (Å²) in [5.41, 5.74) is 0.112. The van der Waals surface area contributed by atoms with Crippen molar-refractivity contribution >= 4 is 29.2 Å². The van der Waals surface area contributed by atoms with E-state index in [2.05, 4.69) is 5.32 Å². The normalized spacial score (nSPS) is 16.1. The van der Waals surface area contributed by atoms with Crippen LogP contribution in [0.4, 0.5) is 10.1 Å². The molecular formula is C16H20ClFN2O3. The third-order valence-corrected chi connectivity index (χ3v) is 4.02. The zero-order valence-electron chi connectivity index (χ0n) is 13.0. The number of amides is 1. The lowest BCUT2D eigenvalue weighted by Gasteiger charge is -2.30. The van der Waals surface area contributed by atoms with Crippen molar-refractivity contribution < 1.29 is 18.7 Å². The third-order valence-electron chi connectivity index (χ3n) is 3.78. The monoisotopic (exact) mass is 342 g/mol. The summed E-state index contributed by atoms with van der Waals surface area (Å²) in [6.07, 6.45) is 1.34. The predicted molar refractivity (Wildman–Crippen MR) is 85.8 cm³/mol. The fourth-order valence-electron chi connectivity index (χ4n) is 2.57. The maximum Gasteiger partial charge on any atom is 0.309 e. The average molecular weight is 343 g/mol. The van der Waals surface area contributed by atoms with Gasteiger partial charge in [-0.15, -0.1) is 0 Å². The molecule has 0 radical (unpaired) electrons. The van der Waals surface area contributed by atoms with Crippen molar-refractivity contribution in [2.24, 2.45) is 5.92 Å². The highest BCUT2D eigenvalue weighted by Gasteiger charge is 2.26. The molecule has 1 aromatic rings. The van der Waals surface area contributed by atoms with Gasteiger partial charge in [0.15, 0.2) is 0 Å². The van der Waals surface area contributed by atoms with Gasteiger partial charge in [0.2, 0.25) is 5.91 Å². The zero-order valence-corrected chi connectivity index (χ0v) is 13.7. The van der Waals surface area contributed by atoms with Crippen LogP contribution in [-0.2, 0) is 14.3 Å². The summed E-state index contributed by atoms with van der Waals surface area (Å²) in [5.74, 6) is -1.12. The van der Waals surface area contributed by atoms with Crippen LogP contribution >= 0.6 is 11.6 Å². The van der Waals surface area contributed by atoms with Crippen LogP contribution in [-0.4, -0.2) is 43.0 Å². The van der Waals surface area contributed by atoms with E-state index in [0.717, 1.165) is 6.07 Å². The van der Waals surface area contributed by atoms with Crippen molar-refractivity contribution in [2.75, 3.05) is 31.6 Å². The standard InChI is InChI=1S/C16H20ClFN2O3/c1-2-23-16(22)11-5-7-20(8-6-11)10-15(21)19-14-4-3-12(17)9-13(14)18/h3-4,9,11H,2,5-8,10H2,1H3,(H,19,21). The van der Waals surface area contributed by atoms with Gasteiger partial charge >= 0.3 is 5.97 Å². The molecule has 1 aromatic carbocycles. The molecule has 1 amide bonds. The van der Waals surface area contributed by atoms with Crippen LogP contribution < -0.4 is 5.32 Å². The number of halogens is 2. The second kappa shape index (κ2) is 8.26. The number of piperidine rings is 1. The molecule has 1 aliphatic rings. The fraction of sp³-hybridized carbons (Fsp3) is 0.500. The molecule has 5 nitrogen and oxygen atoms in total. The summed E-state index contributed by atoms with van der Waals surface area (Å²) >= 11 is 5.67. The Morgan fingerprint density at radius 2 is 2.09 bits per heavy atom. The number of nitrogens with zero attached hydrogens (tertiary/aromatic N) is 1. The van der Waals surface area contributed by atoms with E-state index in [1.165, 1.54) is 12.1 Å². The average Bonchev–Trinajstić information content (AvgIpc) is 2.51. The maximum atomic E-state index is 13.6. The van der Waals surface area contributed by atoms with Crippen LogP contribution in [0.1, 0.15) is 19.8 Å². The summed E-state index contributed by atoms with van der Waals surface area (Å²) in [7, 11) is 0. The number of carbonyl (C=O) groups excluding carboxylic acids is 2. The Hall–Kier alpha value is -1.66. The largest absolute Gasteiger partial charge is 0.466 e. The first kappa shape index (κ1) is 17.7. The Morgan fingerprint density at radius 3 is 2.70 bits per heavy atom. The van der Waals surface area contributed by atoms with Gasteiger partial charge in [-0.2, -0.15) is 0 Å². The van der Waals surface area contributed by atoms with Crippen LogP contribution in [0, 0.1) is 11.7 Å². The molecule has 1 aliphatic heterocycles. The molecule has 1 N–H and O–H groups in total. The number of rotatable bonds is 5. The molecule has 7 heteroatoms. The van der Waals surface area contributed by atoms with Crippen molar-refractivity contribution in [1.82, 2.24) is 4.90 Å². The summed E-state index contributed by atoms with van der Waals surface area (Å²) in [6, 6.07) is 4.11. The number of benzene rings is 1. The van der Waals surface area contributed by atoms with Crippen LogP contribution in [0.25, 0.3) is 0 Å². The van der Waals surface area contributed by atoms with Crippen LogP contribution in [0.3, 0.4) is 0 Å². The Balaban J connectivity index is 1.79. The van der Waals surface area contributed by atoms with Crippen molar-refractivity contribution in [3.63, 3.8) is 0 Å². The highest BCUT2D eigenvalue weighted by Crippen LogP contribution is 2.20. The molecule has 1 heterocycles. The molecule has 1 saturated heterocycles. The molecule has 126 valence electrons. The van der Waals surface area contributed by atoms with Gasteiger partial charge < -0.3 is 10.1 Å². The molecule has 0 bridgehead atoms. The summed E-state index contributed by atoms with van der Waals surface area (Å²) in [5, 5.41) is 2.81. The number of esters is 1. The first-order chi connectivity index (χ1) is 11.0. The van der Waals surface area contributed by atoms with E-state index in [1.807, 2.05) is 4.90 Å². The van der Waals surface area contributed by atoms with Gasteiger partial charge in [0.1, 0.15) is 5.82 Å². The molecule has 1 fully saturated rings. The lowest BCUT2D eigenvalue weighted by Crippen LogP contribution is -2.41. The number of carbonyl (C=O) groups is 2. The van der Waals surface area contributed by atoms with E-state index >= 15 is 0 Å². The minimum absolute atomic E-state index is 0.0945. The molecule has 2 rings (SSSR count). The first-order valence-electron chi connectivity index (χ1n) is 7.63. The zero-order chi connectivity index (χ0) is 16.8. The minimum Gasteiger partial charge on any atom is -0.466 e. The molecular weight excluding hydrogens is 323 g/mol. The predicted octanol–water partition coefficient (Wildman–Crippen LogP) is 2.69. The quantitative estimate of drug-likeness (QED) is 0.836. The Morgan fingerprint density at radius 1 is 1.39 bits per heavy atom. The molecule has 0 unspecified atom stereocenters. The van der Waals surface area contributed by atoms with Crippen LogP contribution in [0.5, 0.6) is 0 Å². The van der Waals surface area contributed by atoms with Crippen molar-refractivity contribution in [3.05, 3.63) is 29.0 Å². The van der Waals surface area contributed by atoms with Gasteiger partial charge in [0, 0.05) is 5.02 Å². The smallest absolute Gasteiger partial charge is 0.309 e. The number of hydrogen-bond acceptors (Lipinski definition) is 4. The highest BCUT2D eigenvalue weighted by atomic mass is 35.5. The van der Waals surface area contributed by atoms with Gasteiger partial charge in [0.25, 0.3) is 0 Å². The third kappa shape index (κ3) is 5.18. The maximum absolute atomic E-state index is 13.6. The SMILES string of the molecule is CCOC(=O)C1CCN(CC(=O)Nc2ccc(Cl)cc2F)CC1. The Kier molecular flexibility index (Phi) is 6.36. The van der Waals surface area contributed by atoms with Crippen molar-refractivity contribution in [1.29, 1.82) is 0 Å². The van der Waals surface area contributed by atoms with Crippen molar-refractivity contribution in [2.45, 2.75) is 19.8 Å². The van der Waals surface area contributed by atoms with E-state index in [-0.39, 0.29) is 35.0 Å². The van der Waals surface area contributed by atoms with Crippen LogP contribution in [0.15, 0.2) is 18.2 Å². The number of likely N-dealkylation sites (tertiary alicyclic amines) is 1. The minimum atomic E-state index is -0.563. The van der Waals surface area contributed by atoms with Gasteiger partial charge in [-0.25, -0.2) is 4.39 Å². The van der Waals surface area contributed by atoms with Gasteiger partial charge in [-0.05, 0) is 51.1 Å². The Labute approximate surface area is 139 Å². The van der Waals surface area contributed by atoms with E-state index in [9.17, 15) is 14.0 Å². The van der Waals surface area contributed by atoms with E-state index in [4.69, 9.17) is 16.3 Å². The van der Waals surface area contributed by atoms with Gasteiger partial charge in [-0.3, -0.25) is 14.5 Å². The first-order valence-corrected chi connectivity index (χ1v) is 8.01. The molecule has 23 heavy (non-hydrogen) atoms. The van der Waals surface area contributed by atoms with E-state index in [0.29, 0.717) is 32.5 Å². The number of nitrogens with one attached hydrogen (secondary N) is 1. The van der Waals surface area contributed by atoms with E-state index < -0.39 is 5.82 Å². The van der Waals surface area contributed by atoms with Gasteiger partial charge in [-0.1, -0.05) is 11.6 Å². The molecule has 0 saturated carbocycles. The van der Waals surface area contributed by atoms with E-state index in [1.54, 1.807) is 6.92 Å². The number of ether oxygens (including phenoxy) is 1. The molecule has 0 atom stereocenters. The summed E-state index contributed by atoms with van der Waals surface area (Å²) < 4.78 is 18.6. The summed E-state index contributed by atoms with van der Waals surface area (Å²) in [6.45, 7) is 3.61. The lowest BCUT2D eigenvalue weighted by atomic mass is 9.97. The second-order valence-corrected chi connectivity index (χ2v) is 5.91. The second-order valence-electron chi connectivity index (χ2n) is 5.47. The molecule has 0 aromatic heterocycles. The summed E-state index contributed by atoms with van der Waals surface area (Å²) in [4.78, 5) is 25.6. The van der Waals surface area contributed by atoms with Gasteiger partial charge in [0.05, 0.1) is 24.8 Å². The molecule has 0 spiro atoms. The number of anilines is 1. The lowest BCUT2D eigenvalue weighted by molar-refractivity contribution is -0.149.